The maximum atomic E-state index is 13.0. The predicted molar refractivity (Wildman–Crippen MR) is 135 cm³/mol. The van der Waals surface area contributed by atoms with Crippen molar-refractivity contribution in [1.82, 2.24) is 13.6 Å². The number of aromatic nitrogens is 1. The Hall–Kier alpha value is -3.21. The third-order valence-electron chi connectivity index (χ3n) is 6.09. The molecule has 4 rings (SSSR count). The van der Waals surface area contributed by atoms with Crippen molar-refractivity contribution >= 4 is 16.2 Å². The van der Waals surface area contributed by atoms with E-state index in [0.29, 0.717) is 43.3 Å². The first-order valence-electron chi connectivity index (χ1n) is 11.9. The number of aliphatic carboxylic acids is 1. The van der Waals surface area contributed by atoms with E-state index in [2.05, 4.69) is 4.98 Å². The quantitative estimate of drug-likeness (QED) is 0.415. The molecular formula is C26H31N3O6S. The molecule has 0 unspecified atom stereocenters. The summed E-state index contributed by atoms with van der Waals surface area (Å²) in [7, 11) is -3.86. The van der Waals surface area contributed by atoms with Crippen molar-refractivity contribution in [2.75, 3.05) is 26.2 Å². The molecule has 1 aliphatic rings. The monoisotopic (exact) mass is 513 g/mol. The number of benzene rings is 2. The minimum Gasteiger partial charge on any atom is -0.493 e. The summed E-state index contributed by atoms with van der Waals surface area (Å²) in [5.74, 6) is 0.681. The first-order chi connectivity index (χ1) is 17.2. The molecule has 0 atom stereocenters. The van der Waals surface area contributed by atoms with E-state index in [1.165, 1.54) is 4.31 Å². The van der Waals surface area contributed by atoms with E-state index in [-0.39, 0.29) is 6.54 Å². The summed E-state index contributed by atoms with van der Waals surface area (Å²) in [5, 5.41) is 9.29. The van der Waals surface area contributed by atoms with Crippen LogP contribution in [-0.4, -0.2) is 59.3 Å². The van der Waals surface area contributed by atoms with E-state index >= 15 is 0 Å². The van der Waals surface area contributed by atoms with E-state index in [1.54, 1.807) is 24.3 Å². The minimum absolute atomic E-state index is 0.0510. The standard InChI is InChI=1S/C26H31N3O6S/c1-19-8-10-22(11-9-19)26-27-24(20(2)35-26)12-15-34-23-7-5-6-21(16-23)17-29(18-25(30)31)36(32,33)28-13-3-4-14-28/h5-11,16H,3-4,12-15,17-18H2,1-2H3,(H,30,31). The highest BCUT2D eigenvalue weighted by atomic mass is 32.2. The molecule has 192 valence electrons. The molecule has 1 aliphatic heterocycles. The van der Waals surface area contributed by atoms with Gasteiger partial charge in [-0.2, -0.15) is 17.0 Å². The van der Waals surface area contributed by atoms with Gasteiger partial charge in [0.2, 0.25) is 5.89 Å². The van der Waals surface area contributed by atoms with Gasteiger partial charge < -0.3 is 14.3 Å². The second kappa shape index (κ2) is 11.2. The Bertz CT molecular complexity index is 1300. The number of hydrogen-bond donors (Lipinski definition) is 1. The van der Waals surface area contributed by atoms with Crippen molar-refractivity contribution < 1.29 is 27.5 Å². The van der Waals surface area contributed by atoms with E-state index in [9.17, 15) is 18.3 Å². The minimum atomic E-state index is -3.86. The summed E-state index contributed by atoms with van der Waals surface area (Å²) in [6, 6.07) is 15.0. The van der Waals surface area contributed by atoms with Crippen molar-refractivity contribution in [2.24, 2.45) is 0 Å². The maximum absolute atomic E-state index is 13.0. The summed E-state index contributed by atoms with van der Waals surface area (Å²) in [5.41, 5.74) is 3.54. The number of aryl methyl sites for hydroxylation is 2. The fourth-order valence-corrected chi connectivity index (χ4v) is 5.77. The summed E-state index contributed by atoms with van der Waals surface area (Å²) in [6.45, 7) is 4.43. The van der Waals surface area contributed by atoms with Gasteiger partial charge in [-0.15, -0.1) is 0 Å². The molecule has 0 spiro atoms. The fraction of sp³-hybridized carbons (Fsp3) is 0.385. The highest BCUT2D eigenvalue weighted by Gasteiger charge is 2.33. The van der Waals surface area contributed by atoms with Crippen molar-refractivity contribution in [2.45, 2.75) is 39.7 Å². The largest absolute Gasteiger partial charge is 0.493 e. The van der Waals surface area contributed by atoms with Gasteiger partial charge in [-0.25, -0.2) is 4.98 Å². The van der Waals surface area contributed by atoms with Crippen LogP contribution in [0.5, 0.6) is 5.75 Å². The molecule has 1 N–H and O–H groups in total. The zero-order valence-electron chi connectivity index (χ0n) is 20.5. The van der Waals surface area contributed by atoms with E-state index < -0.39 is 22.7 Å². The number of carbonyl (C=O) groups is 1. The normalized spacial score (nSPS) is 14.4. The molecule has 0 bridgehead atoms. The van der Waals surface area contributed by atoms with Crippen LogP contribution in [0.4, 0.5) is 0 Å². The average Bonchev–Trinajstić information content (AvgIpc) is 3.50. The summed E-state index contributed by atoms with van der Waals surface area (Å²) >= 11 is 0. The van der Waals surface area contributed by atoms with Gasteiger partial charge in [-0.05, 0) is 56.5 Å². The fourth-order valence-electron chi connectivity index (χ4n) is 4.13. The molecule has 1 fully saturated rings. The Labute approximate surface area is 211 Å². The number of nitrogens with zero attached hydrogens (tertiary/aromatic N) is 3. The third-order valence-corrected chi connectivity index (χ3v) is 8.01. The van der Waals surface area contributed by atoms with E-state index in [1.807, 2.05) is 38.1 Å². The Morgan fingerprint density at radius 1 is 1.14 bits per heavy atom. The Balaban J connectivity index is 1.39. The number of ether oxygens (including phenoxy) is 1. The first-order valence-corrected chi connectivity index (χ1v) is 13.3. The SMILES string of the molecule is Cc1ccc(-c2nc(CCOc3cccc(CN(CC(=O)O)S(=O)(=O)N4CCCC4)c3)c(C)o2)cc1. The van der Waals surface area contributed by atoms with Crippen LogP contribution in [-0.2, 0) is 28.0 Å². The molecule has 1 saturated heterocycles. The van der Waals surface area contributed by atoms with Gasteiger partial charge in [-0.3, -0.25) is 4.79 Å². The van der Waals surface area contributed by atoms with Gasteiger partial charge in [0.1, 0.15) is 18.1 Å². The van der Waals surface area contributed by atoms with Crippen LogP contribution < -0.4 is 4.74 Å². The maximum Gasteiger partial charge on any atom is 0.318 e. The molecule has 0 amide bonds. The van der Waals surface area contributed by atoms with Crippen LogP contribution >= 0.6 is 0 Å². The Morgan fingerprint density at radius 2 is 1.86 bits per heavy atom. The van der Waals surface area contributed by atoms with Crippen LogP contribution in [0.15, 0.2) is 52.9 Å². The number of hydrogen-bond acceptors (Lipinski definition) is 6. The summed E-state index contributed by atoms with van der Waals surface area (Å²) in [6.07, 6.45) is 2.10. The van der Waals surface area contributed by atoms with Crippen molar-refractivity contribution in [3.63, 3.8) is 0 Å². The predicted octanol–water partition coefficient (Wildman–Crippen LogP) is 3.81. The van der Waals surface area contributed by atoms with Crippen LogP contribution in [0.25, 0.3) is 11.5 Å². The zero-order chi connectivity index (χ0) is 25.7. The zero-order valence-corrected chi connectivity index (χ0v) is 21.3. The van der Waals surface area contributed by atoms with Crippen molar-refractivity contribution in [3.05, 3.63) is 71.1 Å². The van der Waals surface area contributed by atoms with Gasteiger partial charge in [0.15, 0.2) is 0 Å². The molecule has 3 aromatic rings. The number of carboxylic acids is 1. The molecule has 2 aromatic carbocycles. The topological polar surface area (TPSA) is 113 Å². The first kappa shape index (κ1) is 25.9. The second-order valence-electron chi connectivity index (χ2n) is 8.91. The van der Waals surface area contributed by atoms with Gasteiger partial charge in [0.05, 0.1) is 12.3 Å². The van der Waals surface area contributed by atoms with Crippen LogP contribution in [0.3, 0.4) is 0 Å². The lowest BCUT2D eigenvalue weighted by molar-refractivity contribution is -0.137. The molecule has 10 heteroatoms. The van der Waals surface area contributed by atoms with Gasteiger partial charge >= 0.3 is 5.97 Å². The smallest absolute Gasteiger partial charge is 0.318 e. The van der Waals surface area contributed by atoms with Crippen molar-refractivity contribution in [1.29, 1.82) is 0 Å². The lowest BCUT2D eigenvalue weighted by Crippen LogP contribution is -2.44. The lowest BCUT2D eigenvalue weighted by atomic mass is 10.1. The van der Waals surface area contributed by atoms with Gasteiger partial charge in [0, 0.05) is 31.6 Å². The molecule has 0 aliphatic carbocycles. The van der Waals surface area contributed by atoms with Crippen LogP contribution in [0, 0.1) is 13.8 Å². The van der Waals surface area contributed by atoms with Crippen molar-refractivity contribution in [3.8, 4) is 17.2 Å². The highest BCUT2D eigenvalue weighted by Crippen LogP contribution is 2.24. The molecule has 9 nitrogen and oxygen atoms in total. The van der Waals surface area contributed by atoms with Gasteiger partial charge in [0.25, 0.3) is 10.2 Å². The third kappa shape index (κ3) is 6.31. The molecule has 2 heterocycles. The molecule has 1 aromatic heterocycles. The van der Waals surface area contributed by atoms with Gasteiger partial charge in [-0.1, -0.05) is 29.8 Å². The summed E-state index contributed by atoms with van der Waals surface area (Å²) < 4.78 is 40.1. The van der Waals surface area contributed by atoms with E-state index in [0.717, 1.165) is 39.7 Å². The molecule has 0 radical (unpaired) electrons. The lowest BCUT2D eigenvalue weighted by Gasteiger charge is -2.26. The Morgan fingerprint density at radius 3 is 2.56 bits per heavy atom. The molecule has 36 heavy (non-hydrogen) atoms. The Kier molecular flexibility index (Phi) is 8.07. The number of rotatable bonds is 11. The van der Waals surface area contributed by atoms with Crippen LogP contribution in [0.2, 0.25) is 0 Å². The van der Waals surface area contributed by atoms with Crippen LogP contribution in [0.1, 0.15) is 35.4 Å². The highest BCUT2D eigenvalue weighted by molar-refractivity contribution is 7.86. The molecular weight excluding hydrogens is 482 g/mol. The average molecular weight is 514 g/mol. The number of carboxylic acid groups (broad SMARTS) is 1. The second-order valence-corrected chi connectivity index (χ2v) is 10.8. The molecule has 0 saturated carbocycles. The van der Waals surface area contributed by atoms with E-state index in [4.69, 9.17) is 9.15 Å². The number of oxazole rings is 1. The summed E-state index contributed by atoms with van der Waals surface area (Å²) in [4.78, 5) is 16.0.